The van der Waals surface area contributed by atoms with Crippen LogP contribution in [0.5, 0.6) is 5.88 Å². The minimum atomic E-state index is -0.254. The standard InChI is InChI=1S/C25H36N6O3/c1-2-34-25-23(27)21(26)15-22(29-25)24(32)28-16-18-7-9-30(10-8-18)17-19-3-5-20(6-4-19)31-11-13-33-14-12-31/h3-6,15,18H,2,7-14,16-17,27H2,1H3,(H2,26,29)(H,28,32). The van der Waals surface area contributed by atoms with Crippen LogP contribution in [0, 0.1) is 5.92 Å². The highest BCUT2D eigenvalue weighted by Crippen LogP contribution is 2.26. The van der Waals surface area contributed by atoms with E-state index in [0.29, 0.717) is 24.8 Å². The van der Waals surface area contributed by atoms with Gasteiger partial charge < -0.3 is 31.2 Å². The molecule has 0 spiro atoms. The minimum Gasteiger partial charge on any atom is -0.476 e. The maximum Gasteiger partial charge on any atom is 0.270 e. The predicted molar refractivity (Wildman–Crippen MR) is 134 cm³/mol. The topological polar surface area (TPSA) is 119 Å². The van der Waals surface area contributed by atoms with Crippen molar-refractivity contribution in [3.63, 3.8) is 0 Å². The number of nitrogens with two attached hydrogens (primary N) is 2. The number of nitrogen functional groups attached to an aromatic ring is 2. The molecule has 3 heterocycles. The molecule has 184 valence electrons. The highest BCUT2D eigenvalue weighted by atomic mass is 16.5. The van der Waals surface area contributed by atoms with Gasteiger partial charge in [0.2, 0.25) is 5.88 Å². The molecule has 9 heteroatoms. The van der Waals surface area contributed by atoms with E-state index in [1.165, 1.54) is 17.3 Å². The lowest BCUT2D eigenvalue weighted by atomic mass is 9.96. The molecule has 1 aromatic carbocycles. The van der Waals surface area contributed by atoms with E-state index in [0.717, 1.165) is 58.8 Å². The molecule has 2 saturated heterocycles. The second-order valence-electron chi connectivity index (χ2n) is 8.94. The molecule has 0 bridgehead atoms. The number of nitrogens with one attached hydrogen (secondary N) is 1. The Balaban J connectivity index is 1.22. The Morgan fingerprint density at radius 3 is 2.53 bits per heavy atom. The summed E-state index contributed by atoms with van der Waals surface area (Å²) >= 11 is 0. The molecule has 2 aliphatic heterocycles. The molecule has 9 nitrogen and oxygen atoms in total. The van der Waals surface area contributed by atoms with Crippen LogP contribution in [0.1, 0.15) is 35.8 Å². The van der Waals surface area contributed by atoms with Crippen LogP contribution in [0.25, 0.3) is 0 Å². The van der Waals surface area contributed by atoms with Crippen LogP contribution in [-0.4, -0.2) is 68.3 Å². The molecule has 5 N–H and O–H groups in total. The highest BCUT2D eigenvalue weighted by molar-refractivity contribution is 5.94. The summed E-state index contributed by atoms with van der Waals surface area (Å²) in [5.41, 5.74) is 15.2. The van der Waals surface area contributed by atoms with Crippen molar-refractivity contribution in [2.24, 2.45) is 5.92 Å². The zero-order valence-corrected chi connectivity index (χ0v) is 20.0. The Labute approximate surface area is 201 Å². The SMILES string of the molecule is CCOc1nc(C(=O)NCC2CCN(Cc3ccc(N4CCOCC4)cc3)CC2)cc(N)c1N. The fourth-order valence-corrected chi connectivity index (χ4v) is 4.48. The summed E-state index contributed by atoms with van der Waals surface area (Å²) < 4.78 is 10.8. The van der Waals surface area contributed by atoms with Gasteiger partial charge in [0.1, 0.15) is 11.4 Å². The number of morpholine rings is 1. The third-order valence-electron chi connectivity index (χ3n) is 6.55. The number of pyridine rings is 1. The summed E-state index contributed by atoms with van der Waals surface area (Å²) in [6.07, 6.45) is 2.10. The number of ether oxygens (including phenoxy) is 2. The number of carbonyl (C=O) groups is 1. The Morgan fingerprint density at radius 2 is 1.85 bits per heavy atom. The number of aromatic nitrogens is 1. The monoisotopic (exact) mass is 468 g/mol. The molecule has 2 aromatic rings. The summed E-state index contributed by atoms with van der Waals surface area (Å²) in [5, 5.41) is 3.00. The van der Waals surface area contributed by atoms with E-state index in [4.69, 9.17) is 20.9 Å². The lowest BCUT2D eigenvalue weighted by Gasteiger charge is -2.32. The van der Waals surface area contributed by atoms with Crippen molar-refractivity contribution in [1.29, 1.82) is 0 Å². The first-order chi connectivity index (χ1) is 16.5. The van der Waals surface area contributed by atoms with Gasteiger partial charge in [0.05, 0.1) is 25.5 Å². The number of carbonyl (C=O) groups excluding carboxylic acids is 1. The molecule has 0 radical (unpaired) electrons. The normalized spacial score (nSPS) is 17.5. The van der Waals surface area contributed by atoms with E-state index in [1.54, 1.807) is 0 Å². The van der Waals surface area contributed by atoms with Gasteiger partial charge in [-0.05, 0) is 62.5 Å². The molecule has 2 aliphatic rings. The smallest absolute Gasteiger partial charge is 0.270 e. The van der Waals surface area contributed by atoms with E-state index in [-0.39, 0.29) is 23.2 Å². The fraction of sp³-hybridized carbons (Fsp3) is 0.520. The van der Waals surface area contributed by atoms with Crippen LogP contribution < -0.4 is 26.4 Å². The first kappa shape index (κ1) is 24.1. The number of piperidine rings is 1. The number of hydrogen-bond acceptors (Lipinski definition) is 8. The van der Waals surface area contributed by atoms with Crippen LogP contribution in [0.2, 0.25) is 0 Å². The quantitative estimate of drug-likeness (QED) is 0.539. The van der Waals surface area contributed by atoms with Crippen molar-refractivity contribution in [2.45, 2.75) is 26.3 Å². The molecule has 0 unspecified atom stereocenters. The van der Waals surface area contributed by atoms with Gasteiger partial charge in [0, 0.05) is 31.9 Å². The van der Waals surface area contributed by atoms with Gasteiger partial charge in [0.25, 0.3) is 5.91 Å². The second-order valence-corrected chi connectivity index (χ2v) is 8.94. The van der Waals surface area contributed by atoms with Crippen molar-refractivity contribution < 1.29 is 14.3 Å². The van der Waals surface area contributed by atoms with E-state index >= 15 is 0 Å². The molecular formula is C25H36N6O3. The largest absolute Gasteiger partial charge is 0.476 e. The Morgan fingerprint density at radius 1 is 1.15 bits per heavy atom. The van der Waals surface area contributed by atoms with Gasteiger partial charge in [-0.3, -0.25) is 9.69 Å². The molecule has 0 aliphatic carbocycles. The second kappa shape index (κ2) is 11.4. The molecule has 2 fully saturated rings. The number of benzene rings is 1. The van der Waals surface area contributed by atoms with Gasteiger partial charge >= 0.3 is 0 Å². The number of nitrogens with zero attached hydrogens (tertiary/aromatic N) is 3. The van der Waals surface area contributed by atoms with Crippen LogP contribution >= 0.6 is 0 Å². The number of hydrogen-bond donors (Lipinski definition) is 3. The summed E-state index contributed by atoms with van der Waals surface area (Å²) in [4.78, 5) is 21.7. The molecule has 0 atom stereocenters. The third-order valence-corrected chi connectivity index (χ3v) is 6.55. The van der Waals surface area contributed by atoms with Gasteiger partial charge in [-0.1, -0.05) is 12.1 Å². The van der Waals surface area contributed by atoms with Crippen molar-refractivity contribution >= 4 is 23.0 Å². The van der Waals surface area contributed by atoms with E-state index < -0.39 is 0 Å². The van der Waals surface area contributed by atoms with Crippen molar-refractivity contribution in [1.82, 2.24) is 15.2 Å². The third kappa shape index (κ3) is 6.09. The molecule has 0 saturated carbocycles. The molecule has 4 rings (SSSR count). The van der Waals surface area contributed by atoms with E-state index in [1.807, 2.05) is 6.92 Å². The van der Waals surface area contributed by atoms with Crippen molar-refractivity contribution in [2.75, 3.05) is 68.9 Å². The maximum atomic E-state index is 12.6. The number of anilines is 3. The van der Waals surface area contributed by atoms with Crippen molar-refractivity contribution in [3.8, 4) is 5.88 Å². The highest BCUT2D eigenvalue weighted by Gasteiger charge is 2.21. The molecule has 34 heavy (non-hydrogen) atoms. The Hall–Kier alpha value is -3.04. The Kier molecular flexibility index (Phi) is 8.08. The predicted octanol–water partition coefficient (Wildman–Crippen LogP) is 2.12. The maximum absolute atomic E-state index is 12.6. The van der Waals surface area contributed by atoms with Crippen LogP contribution in [0.3, 0.4) is 0 Å². The van der Waals surface area contributed by atoms with E-state index in [2.05, 4.69) is 44.4 Å². The molecular weight excluding hydrogens is 432 g/mol. The summed E-state index contributed by atoms with van der Waals surface area (Å²) in [6, 6.07) is 10.4. The number of likely N-dealkylation sites (tertiary alicyclic amines) is 1. The van der Waals surface area contributed by atoms with Gasteiger partial charge in [-0.25, -0.2) is 4.98 Å². The summed E-state index contributed by atoms with van der Waals surface area (Å²) in [7, 11) is 0. The average Bonchev–Trinajstić information content (AvgIpc) is 2.87. The Bertz CT molecular complexity index is 954. The van der Waals surface area contributed by atoms with Crippen LogP contribution in [0.15, 0.2) is 30.3 Å². The number of rotatable bonds is 8. The molecule has 1 amide bonds. The van der Waals surface area contributed by atoms with E-state index in [9.17, 15) is 4.79 Å². The number of amides is 1. The lowest BCUT2D eigenvalue weighted by Crippen LogP contribution is -2.38. The fourth-order valence-electron chi connectivity index (χ4n) is 4.48. The van der Waals surface area contributed by atoms with Gasteiger partial charge in [-0.15, -0.1) is 0 Å². The summed E-state index contributed by atoms with van der Waals surface area (Å²) in [6.45, 7) is 9.37. The van der Waals surface area contributed by atoms with Gasteiger partial charge in [-0.2, -0.15) is 0 Å². The first-order valence-corrected chi connectivity index (χ1v) is 12.1. The summed E-state index contributed by atoms with van der Waals surface area (Å²) in [5.74, 6) is 0.399. The zero-order chi connectivity index (χ0) is 23.9. The van der Waals surface area contributed by atoms with Gasteiger partial charge in [0.15, 0.2) is 0 Å². The minimum absolute atomic E-state index is 0.207. The van der Waals surface area contributed by atoms with Crippen molar-refractivity contribution in [3.05, 3.63) is 41.6 Å². The first-order valence-electron chi connectivity index (χ1n) is 12.1. The molecule has 1 aromatic heterocycles. The zero-order valence-electron chi connectivity index (χ0n) is 20.0. The average molecular weight is 469 g/mol. The van der Waals surface area contributed by atoms with Crippen LogP contribution in [-0.2, 0) is 11.3 Å². The van der Waals surface area contributed by atoms with Crippen LogP contribution in [0.4, 0.5) is 17.1 Å². The lowest BCUT2D eigenvalue weighted by molar-refractivity contribution is 0.0929.